The van der Waals surface area contributed by atoms with Crippen LogP contribution >= 0.6 is 0 Å². The van der Waals surface area contributed by atoms with Crippen LogP contribution in [0.15, 0.2) is 24.3 Å². The second-order valence-corrected chi connectivity index (χ2v) is 7.51. The molecule has 0 spiro atoms. The summed E-state index contributed by atoms with van der Waals surface area (Å²) in [5.74, 6) is 0.781. The Balaban J connectivity index is 1.54. The minimum absolute atomic E-state index is 0.0371. The molecule has 5 heteroatoms. The van der Waals surface area contributed by atoms with Gasteiger partial charge in [0.2, 0.25) is 0 Å². The molecule has 0 bridgehead atoms. The van der Waals surface area contributed by atoms with Crippen LogP contribution < -0.4 is 9.47 Å². The van der Waals surface area contributed by atoms with Gasteiger partial charge in [-0.05, 0) is 74.5 Å². The Kier molecular flexibility index (Phi) is 6.49. The fourth-order valence-electron chi connectivity index (χ4n) is 3.98. The average Bonchev–Trinajstić information content (AvgIpc) is 2.61. The smallest absolute Gasteiger partial charge is 0.266 e. The maximum Gasteiger partial charge on any atom is 0.266 e. The molecule has 0 aromatic heterocycles. The van der Waals surface area contributed by atoms with E-state index in [1.54, 1.807) is 6.07 Å². The van der Waals surface area contributed by atoms with E-state index in [0.717, 1.165) is 63.0 Å². The summed E-state index contributed by atoms with van der Waals surface area (Å²) >= 11 is 0. The third-order valence-electron chi connectivity index (χ3n) is 5.48. The molecule has 1 aliphatic heterocycles. The quantitative estimate of drug-likeness (QED) is 0.588. The predicted octanol–water partition coefficient (Wildman–Crippen LogP) is 6.29. The molecule has 1 saturated carbocycles. The number of benzene rings is 1. The largest absolute Gasteiger partial charge is 0.490 e. The highest BCUT2D eigenvalue weighted by Crippen LogP contribution is 2.35. The summed E-state index contributed by atoms with van der Waals surface area (Å²) in [5, 5.41) is 0. The predicted molar refractivity (Wildman–Crippen MR) is 95.3 cm³/mol. The van der Waals surface area contributed by atoms with Crippen LogP contribution in [-0.2, 0) is 6.42 Å². The van der Waals surface area contributed by atoms with Crippen LogP contribution in [0.5, 0.6) is 11.5 Å². The Morgan fingerprint density at radius 2 is 1.96 bits per heavy atom. The Bertz CT molecular complexity index is 632. The van der Waals surface area contributed by atoms with Gasteiger partial charge < -0.3 is 9.47 Å². The Hall–Kier alpha value is -1.65. The van der Waals surface area contributed by atoms with Crippen LogP contribution in [0.4, 0.5) is 13.2 Å². The van der Waals surface area contributed by atoms with Gasteiger partial charge in [0.1, 0.15) is 5.75 Å². The number of allylic oxidation sites excluding steroid dienone is 1. The van der Waals surface area contributed by atoms with Crippen molar-refractivity contribution in [2.45, 2.75) is 64.4 Å². The first-order chi connectivity index (χ1) is 12.5. The molecule has 1 aromatic carbocycles. The Labute approximate surface area is 153 Å². The maximum absolute atomic E-state index is 14.4. The molecule has 0 N–H and O–H groups in total. The number of hydrogen-bond acceptors (Lipinski definition) is 2. The molecule has 1 aliphatic carbocycles. The third kappa shape index (κ3) is 4.95. The minimum atomic E-state index is -1.59. The van der Waals surface area contributed by atoms with E-state index in [2.05, 4.69) is 6.92 Å². The molecule has 1 aromatic rings. The summed E-state index contributed by atoms with van der Waals surface area (Å²) in [6.45, 7) is 2.55. The van der Waals surface area contributed by atoms with E-state index in [1.807, 2.05) is 0 Å². The molecule has 3 rings (SSSR count). The molecule has 2 nitrogen and oxygen atoms in total. The standard InChI is InChI=1S/C21H27F3O2/c1-2-3-17-9-8-16-11-20(18(22)12-19(16)26-17)25-13-15-6-4-14(5-7-15)10-21(23)24/h10-12,14-15,17H,2-9,13H2,1H3. The molecule has 0 saturated heterocycles. The second-order valence-electron chi connectivity index (χ2n) is 7.51. The van der Waals surface area contributed by atoms with Crippen LogP contribution in [0.25, 0.3) is 0 Å². The zero-order chi connectivity index (χ0) is 18.5. The van der Waals surface area contributed by atoms with Gasteiger partial charge in [0.15, 0.2) is 11.6 Å². The van der Waals surface area contributed by atoms with Gasteiger partial charge >= 0.3 is 0 Å². The van der Waals surface area contributed by atoms with E-state index in [0.29, 0.717) is 18.3 Å². The van der Waals surface area contributed by atoms with Crippen molar-refractivity contribution in [1.29, 1.82) is 0 Å². The minimum Gasteiger partial charge on any atom is -0.490 e. The van der Waals surface area contributed by atoms with E-state index < -0.39 is 11.9 Å². The van der Waals surface area contributed by atoms with Gasteiger partial charge in [0, 0.05) is 6.07 Å². The van der Waals surface area contributed by atoms with Crippen molar-refractivity contribution in [3.8, 4) is 11.5 Å². The lowest BCUT2D eigenvalue weighted by atomic mass is 9.82. The first-order valence-electron chi connectivity index (χ1n) is 9.69. The molecule has 0 amide bonds. The number of aryl methyl sites for hydroxylation is 1. The molecule has 144 valence electrons. The van der Waals surface area contributed by atoms with Crippen molar-refractivity contribution in [1.82, 2.24) is 0 Å². The molecule has 1 heterocycles. The number of ether oxygens (including phenoxy) is 2. The summed E-state index contributed by atoms with van der Waals surface area (Å²) in [5.41, 5.74) is 1.00. The normalized spacial score (nSPS) is 25.2. The fraction of sp³-hybridized carbons (Fsp3) is 0.619. The van der Waals surface area contributed by atoms with Gasteiger partial charge in [-0.15, -0.1) is 0 Å². The van der Waals surface area contributed by atoms with Crippen molar-refractivity contribution in [3.05, 3.63) is 35.7 Å². The summed E-state index contributed by atoms with van der Waals surface area (Å²) in [7, 11) is 0. The topological polar surface area (TPSA) is 18.5 Å². The molecule has 0 radical (unpaired) electrons. The second kappa shape index (κ2) is 8.83. The van der Waals surface area contributed by atoms with Crippen LogP contribution in [0.2, 0.25) is 0 Å². The van der Waals surface area contributed by atoms with Gasteiger partial charge in [0.25, 0.3) is 6.08 Å². The first-order valence-corrected chi connectivity index (χ1v) is 9.69. The molecule has 1 fully saturated rings. The van der Waals surface area contributed by atoms with E-state index in [9.17, 15) is 13.2 Å². The summed E-state index contributed by atoms with van der Waals surface area (Å²) in [6.07, 6.45) is 6.68. The lowest BCUT2D eigenvalue weighted by Crippen LogP contribution is -2.23. The molecule has 1 atom stereocenters. The highest BCUT2D eigenvalue weighted by Gasteiger charge is 2.24. The third-order valence-corrected chi connectivity index (χ3v) is 5.48. The van der Waals surface area contributed by atoms with E-state index in [-0.39, 0.29) is 17.8 Å². The van der Waals surface area contributed by atoms with Gasteiger partial charge in [0.05, 0.1) is 12.7 Å². The number of hydrogen-bond donors (Lipinski definition) is 0. The van der Waals surface area contributed by atoms with Gasteiger partial charge in [-0.25, -0.2) is 4.39 Å². The average molecular weight is 368 g/mol. The summed E-state index contributed by atoms with van der Waals surface area (Å²) in [4.78, 5) is 0. The van der Waals surface area contributed by atoms with Crippen molar-refractivity contribution in [3.63, 3.8) is 0 Å². The SMILES string of the molecule is CCCC1CCc2cc(OCC3CCC(C=C(F)F)CC3)c(F)cc2O1. The van der Waals surface area contributed by atoms with Gasteiger partial charge in [-0.1, -0.05) is 13.3 Å². The van der Waals surface area contributed by atoms with Gasteiger partial charge in [-0.3, -0.25) is 0 Å². The van der Waals surface area contributed by atoms with Crippen LogP contribution in [0, 0.1) is 17.7 Å². The van der Waals surface area contributed by atoms with Crippen molar-refractivity contribution in [2.24, 2.45) is 11.8 Å². The van der Waals surface area contributed by atoms with Crippen LogP contribution in [0.1, 0.15) is 57.4 Å². The molecule has 1 unspecified atom stereocenters. The van der Waals surface area contributed by atoms with Crippen molar-refractivity contribution >= 4 is 0 Å². The Morgan fingerprint density at radius 1 is 1.19 bits per heavy atom. The summed E-state index contributed by atoms with van der Waals surface area (Å²) < 4.78 is 50.6. The monoisotopic (exact) mass is 368 g/mol. The van der Waals surface area contributed by atoms with E-state index in [1.165, 1.54) is 6.07 Å². The maximum atomic E-state index is 14.4. The van der Waals surface area contributed by atoms with E-state index in [4.69, 9.17) is 9.47 Å². The van der Waals surface area contributed by atoms with Crippen LogP contribution in [0.3, 0.4) is 0 Å². The molecular weight excluding hydrogens is 341 g/mol. The number of rotatable bonds is 6. The van der Waals surface area contributed by atoms with E-state index >= 15 is 0 Å². The number of halogens is 3. The molecule has 26 heavy (non-hydrogen) atoms. The van der Waals surface area contributed by atoms with Crippen molar-refractivity contribution < 1.29 is 22.6 Å². The number of fused-ring (bicyclic) bond motifs is 1. The molecular formula is C21H27F3O2. The van der Waals surface area contributed by atoms with Crippen LogP contribution in [-0.4, -0.2) is 12.7 Å². The zero-order valence-electron chi connectivity index (χ0n) is 15.3. The lowest BCUT2D eigenvalue weighted by molar-refractivity contribution is 0.159. The first kappa shape index (κ1) is 19.1. The highest BCUT2D eigenvalue weighted by atomic mass is 19.3. The fourth-order valence-corrected chi connectivity index (χ4v) is 3.98. The Morgan fingerprint density at radius 3 is 2.65 bits per heavy atom. The summed E-state index contributed by atoms with van der Waals surface area (Å²) in [6, 6.07) is 3.21. The van der Waals surface area contributed by atoms with Crippen molar-refractivity contribution in [2.75, 3.05) is 6.61 Å². The molecule has 2 aliphatic rings. The highest BCUT2D eigenvalue weighted by molar-refractivity contribution is 5.42. The lowest BCUT2D eigenvalue weighted by Gasteiger charge is -2.28. The van der Waals surface area contributed by atoms with Gasteiger partial charge in [-0.2, -0.15) is 8.78 Å². The zero-order valence-corrected chi connectivity index (χ0v) is 15.3.